The zero-order valence-electron chi connectivity index (χ0n) is 12.5. The third-order valence-corrected chi connectivity index (χ3v) is 3.68. The second-order valence-electron chi connectivity index (χ2n) is 5.44. The number of nitrogens with one attached hydrogen (secondary N) is 2. The third-order valence-electron chi connectivity index (χ3n) is 3.68. The number of hydrogen-bond donors (Lipinski definition) is 2. The van der Waals surface area contributed by atoms with Gasteiger partial charge in [-0.1, -0.05) is 0 Å². The van der Waals surface area contributed by atoms with Crippen molar-refractivity contribution in [2.24, 2.45) is 5.92 Å². The van der Waals surface area contributed by atoms with E-state index < -0.39 is 0 Å². The summed E-state index contributed by atoms with van der Waals surface area (Å²) in [7, 11) is 1.64. The number of methoxy groups -OCH3 is 1. The summed E-state index contributed by atoms with van der Waals surface area (Å²) < 4.78 is 7.19. The van der Waals surface area contributed by atoms with Gasteiger partial charge in [0.15, 0.2) is 0 Å². The SMILES string of the molecule is COc1cc(CNC[C@@H]2CNc3cc(C)nn3C2)ccn1. The van der Waals surface area contributed by atoms with Gasteiger partial charge in [-0.3, -0.25) is 0 Å². The zero-order valence-corrected chi connectivity index (χ0v) is 12.5. The minimum Gasteiger partial charge on any atom is -0.481 e. The van der Waals surface area contributed by atoms with Crippen molar-refractivity contribution in [3.63, 3.8) is 0 Å². The Kier molecular flexibility index (Phi) is 4.06. The van der Waals surface area contributed by atoms with Crippen LogP contribution >= 0.6 is 0 Å². The highest BCUT2D eigenvalue weighted by atomic mass is 16.5. The first kappa shape index (κ1) is 13.9. The maximum atomic E-state index is 5.13. The van der Waals surface area contributed by atoms with Crippen molar-refractivity contribution in [1.29, 1.82) is 0 Å². The average molecular weight is 287 g/mol. The minimum absolute atomic E-state index is 0.542. The Balaban J connectivity index is 1.50. The Morgan fingerprint density at radius 1 is 1.48 bits per heavy atom. The van der Waals surface area contributed by atoms with Crippen LogP contribution in [0.5, 0.6) is 5.88 Å². The summed E-state index contributed by atoms with van der Waals surface area (Å²) in [6.45, 7) is 5.74. The van der Waals surface area contributed by atoms with E-state index in [1.54, 1.807) is 13.3 Å². The molecule has 1 aliphatic heterocycles. The molecule has 3 heterocycles. The monoisotopic (exact) mass is 287 g/mol. The van der Waals surface area contributed by atoms with Crippen LogP contribution in [0.4, 0.5) is 5.82 Å². The quantitative estimate of drug-likeness (QED) is 0.871. The molecule has 0 saturated carbocycles. The van der Waals surface area contributed by atoms with E-state index >= 15 is 0 Å². The van der Waals surface area contributed by atoms with Gasteiger partial charge in [0.2, 0.25) is 5.88 Å². The smallest absolute Gasteiger partial charge is 0.213 e. The molecule has 0 radical (unpaired) electrons. The lowest BCUT2D eigenvalue weighted by Gasteiger charge is -2.25. The molecule has 0 fully saturated rings. The van der Waals surface area contributed by atoms with Crippen LogP contribution in [0.15, 0.2) is 24.4 Å². The molecule has 6 heteroatoms. The molecule has 2 N–H and O–H groups in total. The van der Waals surface area contributed by atoms with Gasteiger partial charge in [-0.15, -0.1) is 0 Å². The molecule has 0 aromatic carbocycles. The van der Waals surface area contributed by atoms with Gasteiger partial charge in [-0.05, 0) is 18.6 Å². The van der Waals surface area contributed by atoms with E-state index in [0.717, 1.165) is 37.7 Å². The molecule has 2 aromatic rings. The Hall–Kier alpha value is -2.08. The zero-order chi connectivity index (χ0) is 14.7. The maximum absolute atomic E-state index is 5.13. The Labute approximate surface area is 124 Å². The van der Waals surface area contributed by atoms with E-state index in [1.165, 1.54) is 5.56 Å². The van der Waals surface area contributed by atoms with Crippen molar-refractivity contribution in [2.45, 2.75) is 20.0 Å². The number of fused-ring (bicyclic) bond motifs is 1. The topological polar surface area (TPSA) is 64.0 Å². The molecule has 112 valence electrons. The number of ether oxygens (including phenoxy) is 1. The number of hydrogen-bond acceptors (Lipinski definition) is 5. The fraction of sp³-hybridized carbons (Fsp3) is 0.467. The number of anilines is 1. The normalized spacial score (nSPS) is 17.1. The molecule has 0 amide bonds. The van der Waals surface area contributed by atoms with Crippen LogP contribution in [0.1, 0.15) is 11.3 Å². The standard InChI is InChI=1S/C15H21N5O/c1-11-5-14-18-9-13(10-20(14)19-11)8-16-7-12-3-4-17-15(6-12)21-2/h3-6,13,16,18H,7-10H2,1-2H3/t13-/m1/s1. The fourth-order valence-electron chi connectivity index (χ4n) is 2.61. The highest BCUT2D eigenvalue weighted by Crippen LogP contribution is 2.18. The molecular formula is C15H21N5O. The summed E-state index contributed by atoms with van der Waals surface area (Å²) in [6, 6.07) is 6.05. The van der Waals surface area contributed by atoms with Crippen LogP contribution in [0.3, 0.4) is 0 Å². The minimum atomic E-state index is 0.542. The van der Waals surface area contributed by atoms with Gasteiger partial charge in [-0.25, -0.2) is 9.67 Å². The highest BCUT2D eigenvalue weighted by molar-refractivity contribution is 5.38. The summed E-state index contributed by atoms with van der Waals surface area (Å²) in [5, 5.41) is 11.4. The second-order valence-corrected chi connectivity index (χ2v) is 5.44. The van der Waals surface area contributed by atoms with E-state index in [9.17, 15) is 0 Å². The summed E-state index contributed by atoms with van der Waals surface area (Å²) in [5.74, 6) is 2.33. The van der Waals surface area contributed by atoms with E-state index in [1.807, 2.05) is 19.1 Å². The van der Waals surface area contributed by atoms with Crippen LogP contribution in [0.25, 0.3) is 0 Å². The summed E-state index contributed by atoms with van der Waals surface area (Å²) >= 11 is 0. The lowest BCUT2D eigenvalue weighted by molar-refractivity contribution is 0.388. The molecule has 21 heavy (non-hydrogen) atoms. The summed E-state index contributed by atoms with van der Waals surface area (Å²) in [5.41, 5.74) is 2.25. The van der Waals surface area contributed by atoms with Crippen molar-refractivity contribution in [3.05, 3.63) is 35.7 Å². The average Bonchev–Trinajstić information content (AvgIpc) is 2.87. The van der Waals surface area contributed by atoms with Crippen LogP contribution in [-0.4, -0.2) is 35.0 Å². The maximum Gasteiger partial charge on any atom is 0.213 e. The fourth-order valence-corrected chi connectivity index (χ4v) is 2.61. The predicted octanol–water partition coefficient (Wildman–Crippen LogP) is 1.43. The molecule has 3 rings (SSSR count). The number of aryl methyl sites for hydroxylation is 1. The predicted molar refractivity (Wildman–Crippen MR) is 81.4 cm³/mol. The molecular weight excluding hydrogens is 266 g/mol. The van der Waals surface area contributed by atoms with Gasteiger partial charge < -0.3 is 15.4 Å². The van der Waals surface area contributed by atoms with Gasteiger partial charge in [0.05, 0.1) is 12.8 Å². The van der Waals surface area contributed by atoms with Crippen LogP contribution < -0.4 is 15.4 Å². The van der Waals surface area contributed by atoms with Crippen molar-refractivity contribution in [1.82, 2.24) is 20.1 Å². The molecule has 0 aliphatic carbocycles. The Bertz CT molecular complexity index is 610. The molecule has 6 nitrogen and oxygen atoms in total. The van der Waals surface area contributed by atoms with Crippen LogP contribution in [0.2, 0.25) is 0 Å². The van der Waals surface area contributed by atoms with E-state index in [2.05, 4.69) is 31.5 Å². The van der Waals surface area contributed by atoms with Crippen molar-refractivity contribution in [3.8, 4) is 5.88 Å². The van der Waals surface area contributed by atoms with Gasteiger partial charge >= 0.3 is 0 Å². The molecule has 0 saturated heterocycles. The van der Waals surface area contributed by atoms with Gasteiger partial charge in [-0.2, -0.15) is 5.10 Å². The van der Waals surface area contributed by atoms with Crippen molar-refractivity contribution < 1.29 is 4.74 Å². The van der Waals surface area contributed by atoms with Crippen LogP contribution in [0, 0.1) is 12.8 Å². The first-order chi connectivity index (χ1) is 10.2. The molecule has 1 atom stereocenters. The molecule has 1 aliphatic rings. The third kappa shape index (κ3) is 3.33. The first-order valence-corrected chi connectivity index (χ1v) is 7.22. The Morgan fingerprint density at radius 2 is 2.38 bits per heavy atom. The number of rotatable bonds is 5. The lowest BCUT2D eigenvalue weighted by atomic mass is 10.1. The Morgan fingerprint density at radius 3 is 3.24 bits per heavy atom. The lowest BCUT2D eigenvalue weighted by Crippen LogP contribution is -2.35. The van der Waals surface area contributed by atoms with Crippen molar-refractivity contribution >= 4 is 5.82 Å². The summed E-state index contributed by atoms with van der Waals surface area (Å²) in [6.07, 6.45) is 1.77. The number of pyridine rings is 1. The van der Waals surface area contributed by atoms with E-state index in [4.69, 9.17) is 4.74 Å². The van der Waals surface area contributed by atoms with Gasteiger partial charge in [0, 0.05) is 50.4 Å². The summed E-state index contributed by atoms with van der Waals surface area (Å²) in [4.78, 5) is 4.11. The molecule has 2 aromatic heterocycles. The molecule has 0 spiro atoms. The number of aromatic nitrogens is 3. The first-order valence-electron chi connectivity index (χ1n) is 7.22. The number of nitrogens with zero attached hydrogens (tertiary/aromatic N) is 3. The van der Waals surface area contributed by atoms with Crippen molar-refractivity contribution in [2.75, 3.05) is 25.5 Å². The van der Waals surface area contributed by atoms with Gasteiger partial charge in [0.25, 0.3) is 0 Å². The highest BCUT2D eigenvalue weighted by Gasteiger charge is 2.18. The van der Waals surface area contributed by atoms with E-state index in [0.29, 0.717) is 11.8 Å². The van der Waals surface area contributed by atoms with E-state index in [-0.39, 0.29) is 0 Å². The molecule has 0 bridgehead atoms. The largest absolute Gasteiger partial charge is 0.481 e. The van der Waals surface area contributed by atoms with Crippen LogP contribution in [-0.2, 0) is 13.1 Å². The molecule has 0 unspecified atom stereocenters. The van der Waals surface area contributed by atoms with Gasteiger partial charge in [0.1, 0.15) is 5.82 Å². The second kappa shape index (κ2) is 6.13.